The van der Waals surface area contributed by atoms with E-state index in [2.05, 4.69) is 10.0 Å². The highest BCUT2D eigenvalue weighted by molar-refractivity contribution is 8.00. The molecule has 172 valence electrons. The van der Waals surface area contributed by atoms with Crippen molar-refractivity contribution in [2.45, 2.75) is 9.79 Å². The zero-order valence-electron chi connectivity index (χ0n) is 17.0. The van der Waals surface area contributed by atoms with Crippen LogP contribution in [-0.2, 0) is 14.8 Å². The van der Waals surface area contributed by atoms with Crippen LogP contribution in [0.5, 0.6) is 11.5 Å². The molecule has 0 aromatic heterocycles. The molecule has 0 atom stereocenters. The Kier molecular flexibility index (Phi) is 6.70. The van der Waals surface area contributed by atoms with Gasteiger partial charge in [-0.25, -0.2) is 17.2 Å². The number of thioether (sulfide) groups is 1. The van der Waals surface area contributed by atoms with Crippen LogP contribution < -0.4 is 19.5 Å². The summed E-state index contributed by atoms with van der Waals surface area (Å²) in [5.74, 6) is -1.16. The van der Waals surface area contributed by atoms with Crippen LogP contribution in [0.15, 0.2) is 70.5 Å². The molecule has 1 heterocycles. The highest BCUT2D eigenvalue weighted by Gasteiger charge is 2.17. The van der Waals surface area contributed by atoms with Crippen LogP contribution in [0.4, 0.5) is 20.2 Å². The smallest absolute Gasteiger partial charge is 0.261 e. The van der Waals surface area contributed by atoms with Crippen LogP contribution in [0, 0.1) is 11.6 Å². The maximum atomic E-state index is 13.3. The number of hydrogen-bond donors (Lipinski definition) is 2. The van der Waals surface area contributed by atoms with E-state index < -0.39 is 26.6 Å². The highest BCUT2D eigenvalue weighted by atomic mass is 32.2. The molecule has 11 heteroatoms. The summed E-state index contributed by atoms with van der Waals surface area (Å²) in [7, 11) is -4.10. The number of rotatable bonds is 7. The Bertz CT molecular complexity index is 1280. The average Bonchev–Trinajstić information content (AvgIpc) is 2.80. The van der Waals surface area contributed by atoms with Gasteiger partial charge in [0.1, 0.15) is 13.2 Å². The van der Waals surface area contributed by atoms with Gasteiger partial charge in [0, 0.05) is 16.3 Å². The van der Waals surface area contributed by atoms with Crippen molar-refractivity contribution < 1.29 is 31.5 Å². The minimum absolute atomic E-state index is 0.157. The Morgan fingerprint density at radius 3 is 2.30 bits per heavy atom. The number of anilines is 2. The second-order valence-electron chi connectivity index (χ2n) is 6.90. The SMILES string of the molecule is O=C(CSc1ccc2c(c1)OCCO2)Nc1ccc(NS(=O)(=O)c2ccc(F)c(F)c2)cc1. The van der Waals surface area contributed by atoms with Gasteiger partial charge < -0.3 is 14.8 Å². The van der Waals surface area contributed by atoms with Crippen LogP contribution >= 0.6 is 11.8 Å². The predicted octanol–water partition coefficient (Wildman–Crippen LogP) is 4.27. The lowest BCUT2D eigenvalue weighted by Gasteiger charge is -2.18. The number of carbonyl (C=O) groups is 1. The van der Waals surface area contributed by atoms with E-state index in [1.165, 1.54) is 36.0 Å². The molecule has 0 unspecified atom stereocenters. The van der Waals surface area contributed by atoms with E-state index in [-0.39, 0.29) is 17.3 Å². The zero-order chi connectivity index (χ0) is 23.4. The maximum absolute atomic E-state index is 13.3. The highest BCUT2D eigenvalue weighted by Crippen LogP contribution is 2.34. The van der Waals surface area contributed by atoms with Gasteiger partial charge in [0.2, 0.25) is 5.91 Å². The second-order valence-corrected chi connectivity index (χ2v) is 9.63. The van der Waals surface area contributed by atoms with Crippen molar-refractivity contribution in [2.24, 2.45) is 0 Å². The van der Waals surface area contributed by atoms with Gasteiger partial charge in [-0.3, -0.25) is 9.52 Å². The summed E-state index contributed by atoms with van der Waals surface area (Å²) in [5, 5.41) is 2.73. The van der Waals surface area contributed by atoms with E-state index in [1.54, 1.807) is 6.07 Å². The predicted molar refractivity (Wildman–Crippen MR) is 120 cm³/mol. The van der Waals surface area contributed by atoms with Gasteiger partial charge in [-0.05, 0) is 60.7 Å². The van der Waals surface area contributed by atoms with Crippen LogP contribution in [0.2, 0.25) is 0 Å². The average molecular weight is 493 g/mol. The Labute approximate surface area is 193 Å². The quantitative estimate of drug-likeness (QED) is 0.479. The van der Waals surface area contributed by atoms with Crippen molar-refractivity contribution in [3.8, 4) is 11.5 Å². The molecule has 33 heavy (non-hydrogen) atoms. The van der Waals surface area contributed by atoms with Crippen molar-refractivity contribution in [3.63, 3.8) is 0 Å². The lowest BCUT2D eigenvalue weighted by molar-refractivity contribution is -0.113. The topological polar surface area (TPSA) is 93.7 Å². The fourth-order valence-electron chi connectivity index (χ4n) is 2.94. The molecule has 4 rings (SSSR count). The van der Waals surface area contributed by atoms with Crippen LogP contribution in [0.25, 0.3) is 0 Å². The number of benzene rings is 3. The molecule has 3 aromatic carbocycles. The Hall–Kier alpha value is -3.31. The molecule has 0 spiro atoms. The lowest BCUT2D eigenvalue weighted by Crippen LogP contribution is -2.16. The molecule has 2 N–H and O–H groups in total. The summed E-state index contributed by atoms with van der Waals surface area (Å²) in [6.07, 6.45) is 0. The summed E-state index contributed by atoms with van der Waals surface area (Å²) in [4.78, 5) is 12.7. The van der Waals surface area contributed by atoms with Crippen molar-refractivity contribution in [1.29, 1.82) is 0 Å². The zero-order valence-corrected chi connectivity index (χ0v) is 18.6. The minimum atomic E-state index is -4.10. The summed E-state index contributed by atoms with van der Waals surface area (Å²) in [6.45, 7) is 0.988. The third-order valence-electron chi connectivity index (χ3n) is 4.51. The number of fused-ring (bicyclic) bond motifs is 1. The minimum Gasteiger partial charge on any atom is -0.486 e. The van der Waals surface area contributed by atoms with Gasteiger partial charge in [-0.1, -0.05) is 0 Å². The van der Waals surface area contributed by atoms with Gasteiger partial charge in [-0.15, -0.1) is 11.8 Å². The summed E-state index contributed by atoms with van der Waals surface area (Å²) >= 11 is 1.33. The molecule has 0 aliphatic carbocycles. The second kappa shape index (κ2) is 9.67. The number of nitrogens with one attached hydrogen (secondary N) is 2. The van der Waals surface area contributed by atoms with Crippen molar-refractivity contribution in [1.82, 2.24) is 0 Å². The first-order valence-electron chi connectivity index (χ1n) is 9.70. The summed E-state index contributed by atoms with van der Waals surface area (Å²) in [6, 6.07) is 13.7. The normalized spacial score (nSPS) is 12.8. The van der Waals surface area contributed by atoms with Gasteiger partial charge in [0.15, 0.2) is 23.1 Å². The molecule has 0 radical (unpaired) electrons. The fourth-order valence-corrected chi connectivity index (χ4v) is 4.73. The first kappa shape index (κ1) is 22.9. The first-order valence-corrected chi connectivity index (χ1v) is 12.2. The molecule has 1 amide bonds. The lowest BCUT2D eigenvalue weighted by atomic mass is 10.3. The molecule has 0 bridgehead atoms. The monoisotopic (exact) mass is 492 g/mol. The van der Waals surface area contributed by atoms with E-state index in [4.69, 9.17) is 9.47 Å². The Morgan fingerprint density at radius 1 is 0.879 bits per heavy atom. The number of sulfonamides is 1. The van der Waals surface area contributed by atoms with Crippen LogP contribution in [-0.4, -0.2) is 33.3 Å². The number of carbonyl (C=O) groups excluding carboxylic acids is 1. The Balaban J connectivity index is 1.32. The van der Waals surface area contributed by atoms with Gasteiger partial charge in [0.05, 0.1) is 10.6 Å². The van der Waals surface area contributed by atoms with Crippen LogP contribution in [0.1, 0.15) is 0 Å². The van der Waals surface area contributed by atoms with E-state index in [0.29, 0.717) is 36.5 Å². The molecular formula is C22H18F2N2O5S2. The van der Waals surface area contributed by atoms with Crippen LogP contribution in [0.3, 0.4) is 0 Å². The first-order chi connectivity index (χ1) is 15.8. The fraction of sp³-hybridized carbons (Fsp3) is 0.136. The molecular weight excluding hydrogens is 474 g/mol. The standard InChI is InChI=1S/C22H18F2N2O5S2/c23-18-7-6-17(12-19(18)24)33(28,29)26-15-3-1-14(2-4-15)25-22(27)13-32-16-5-8-20-21(11-16)31-10-9-30-20/h1-8,11-12,26H,9-10,13H2,(H,25,27). The third-order valence-corrected chi connectivity index (χ3v) is 6.88. The van der Waals surface area contributed by atoms with E-state index in [9.17, 15) is 22.0 Å². The molecule has 3 aromatic rings. The third kappa shape index (κ3) is 5.74. The van der Waals surface area contributed by atoms with Crippen molar-refractivity contribution in [3.05, 3.63) is 72.3 Å². The van der Waals surface area contributed by atoms with Gasteiger partial charge >= 0.3 is 0 Å². The number of amides is 1. The number of hydrogen-bond acceptors (Lipinski definition) is 6. The largest absolute Gasteiger partial charge is 0.486 e. The summed E-state index contributed by atoms with van der Waals surface area (Å²) < 4.78 is 64.4. The molecule has 1 aliphatic rings. The van der Waals surface area contributed by atoms with E-state index in [1.807, 2.05) is 12.1 Å². The van der Waals surface area contributed by atoms with Crippen molar-refractivity contribution in [2.75, 3.05) is 29.0 Å². The molecule has 7 nitrogen and oxygen atoms in total. The van der Waals surface area contributed by atoms with E-state index in [0.717, 1.165) is 17.0 Å². The number of ether oxygens (including phenoxy) is 2. The molecule has 0 fully saturated rings. The molecule has 1 aliphatic heterocycles. The molecule has 0 saturated heterocycles. The molecule has 0 saturated carbocycles. The van der Waals surface area contributed by atoms with E-state index >= 15 is 0 Å². The summed E-state index contributed by atoms with van der Waals surface area (Å²) in [5.41, 5.74) is 0.668. The van der Waals surface area contributed by atoms with Crippen molar-refractivity contribution >= 4 is 39.1 Å². The van der Waals surface area contributed by atoms with Gasteiger partial charge in [-0.2, -0.15) is 0 Å². The maximum Gasteiger partial charge on any atom is 0.261 e. The Morgan fingerprint density at radius 2 is 1.58 bits per heavy atom. The van der Waals surface area contributed by atoms with Gasteiger partial charge in [0.25, 0.3) is 10.0 Å². The number of halogens is 2.